The number of hydrogen-bond acceptors (Lipinski definition) is 3. The van der Waals surface area contributed by atoms with Crippen LogP contribution in [-0.2, 0) is 13.0 Å². The zero-order valence-corrected chi connectivity index (χ0v) is 14.5. The third-order valence-electron chi connectivity index (χ3n) is 3.70. The van der Waals surface area contributed by atoms with Gasteiger partial charge in [0.1, 0.15) is 0 Å². The molecule has 0 fully saturated rings. The number of halogens is 1. The van der Waals surface area contributed by atoms with Crippen molar-refractivity contribution in [3.63, 3.8) is 0 Å². The first-order chi connectivity index (χ1) is 11.2. The van der Waals surface area contributed by atoms with Crippen molar-refractivity contribution < 1.29 is 4.74 Å². The molecule has 0 saturated carbocycles. The minimum atomic E-state index is 0.590. The predicted octanol–water partition coefficient (Wildman–Crippen LogP) is 4.02. The summed E-state index contributed by atoms with van der Waals surface area (Å²) in [5.74, 6) is 0.641. The van der Waals surface area contributed by atoms with Crippen LogP contribution in [0.1, 0.15) is 16.8 Å². The molecule has 4 nitrogen and oxygen atoms in total. The van der Waals surface area contributed by atoms with Crippen LogP contribution in [0.5, 0.6) is 5.88 Å². The number of nitrogens with zero attached hydrogens (tertiary/aromatic N) is 3. The van der Waals surface area contributed by atoms with Crippen LogP contribution >= 0.6 is 15.9 Å². The highest BCUT2D eigenvalue weighted by Gasteiger charge is 2.07. The second kappa shape index (κ2) is 7.42. The summed E-state index contributed by atoms with van der Waals surface area (Å²) in [5.41, 5.74) is 3.64. The predicted molar refractivity (Wildman–Crippen MR) is 93.6 cm³/mol. The smallest absolute Gasteiger partial charge is 0.213 e. The van der Waals surface area contributed by atoms with Crippen LogP contribution in [0.4, 0.5) is 0 Å². The first kappa shape index (κ1) is 15.7. The summed E-state index contributed by atoms with van der Waals surface area (Å²) in [7, 11) is 0. The van der Waals surface area contributed by atoms with E-state index < -0.39 is 0 Å². The second-order valence-corrected chi connectivity index (χ2v) is 6.23. The van der Waals surface area contributed by atoms with Crippen LogP contribution in [0.3, 0.4) is 0 Å². The molecule has 0 amide bonds. The summed E-state index contributed by atoms with van der Waals surface area (Å²) >= 11 is 3.36. The molecule has 2 aromatic heterocycles. The summed E-state index contributed by atoms with van der Waals surface area (Å²) < 4.78 is 8.66. The van der Waals surface area contributed by atoms with Gasteiger partial charge in [0.2, 0.25) is 5.88 Å². The Morgan fingerprint density at radius 1 is 1.09 bits per heavy atom. The molecule has 0 bridgehead atoms. The molecule has 0 aliphatic carbocycles. The van der Waals surface area contributed by atoms with E-state index in [4.69, 9.17) is 4.74 Å². The van der Waals surface area contributed by atoms with E-state index in [-0.39, 0.29) is 0 Å². The lowest BCUT2D eigenvalue weighted by Crippen LogP contribution is -2.06. The van der Waals surface area contributed by atoms with Crippen molar-refractivity contribution in [1.82, 2.24) is 14.8 Å². The van der Waals surface area contributed by atoms with Crippen LogP contribution in [-0.4, -0.2) is 21.4 Å². The first-order valence-electron chi connectivity index (χ1n) is 7.52. The van der Waals surface area contributed by atoms with Crippen molar-refractivity contribution in [2.24, 2.45) is 0 Å². The Hall–Kier alpha value is -2.14. The molecule has 2 heterocycles. The van der Waals surface area contributed by atoms with E-state index in [1.807, 2.05) is 41.2 Å². The van der Waals surface area contributed by atoms with Gasteiger partial charge in [-0.3, -0.25) is 4.68 Å². The quantitative estimate of drug-likeness (QED) is 0.656. The normalized spacial score (nSPS) is 10.7. The lowest BCUT2D eigenvalue weighted by molar-refractivity contribution is 0.309. The molecule has 0 unspecified atom stereocenters. The van der Waals surface area contributed by atoms with E-state index in [9.17, 15) is 0 Å². The van der Waals surface area contributed by atoms with E-state index in [1.54, 1.807) is 6.20 Å². The molecule has 0 atom stereocenters. The van der Waals surface area contributed by atoms with Gasteiger partial charge in [0.15, 0.2) is 0 Å². The highest BCUT2D eigenvalue weighted by atomic mass is 79.9. The van der Waals surface area contributed by atoms with Gasteiger partial charge in [-0.15, -0.1) is 0 Å². The van der Waals surface area contributed by atoms with Gasteiger partial charge in [0, 0.05) is 28.9 Å². The maximum atomic E-state index is 5.68. The van der Waals surface area contributed by atoms with E-state index in [2.05, 4.69) is 45.1 Å². The van der Waals surface area contributed by atoms with Crippen molar-refractivity contribution in [2.75, 3.05) is 6.61 Å². The van der Waals surface area contributed by atoms with Crippen molar-refractivity contribution in [3.05, 3.63) is 76.2 Å². The molecule has 118 valence electrons. The molecule has 0 aliphatic rings. The van der Waals surface area contributed by atoms with E-state index >= 15 is 0 Å². The molecule has 3 rings (SSSR count). The fourth-order valence-corrected chi connectivity index (χ4v) is 2.59. The average molecular weight is 372 g/mol. The molecule has 3 aromatic rings. The van der Waals surface area contributed by atoms with E-state index in [0.717, 1.165) is 17.4 Å². The maximum Gasteiger partial charge on any atom is 0.213 e. The molecular formula is C18H18BrN3O. The summed E-state index contributed by atoms with van der Waals surface area (Å²) in [5, 5.41) is 4.49. The van der Waals surface area contributed by atoms with Crippen molar-refractivity contribution in [2.45, 2.75) is 19.9 Å². The number of pyridine rings is 1. The zero-order valence-electron chi connectivity index (χ0n) is 12.9. The second-order valence-electron chi connectivity index (χ2n) is 5.31. The van der Waals surface area contributed by atoms with Gasteiger partial charge in [-0.05, 0) is 40.0 Å². The average Bonchev–Trinajstić information content (AvgIpc) is 2.91. The molecular weight excluding hydrogens is 354 g/mol. The van der Waals surface area contributed by atoms with Gasteiger partial charge in [0.25, 0.3) is 0 Å². The Bertz CT molecular complexity index is 754. The Labute approximate surface area is 144 Å². The Kier molecular flexibility index (Phi) is 5.08. The fraction of sp³-hybridized carbons (Fsp3) is 0.222. The van der Waals surface area contributed by atoms with Gasteiger partial charge in [-0.1, -0.05) is 30.3 Å². The van der Waals surface area contributed by atoms with E-state index in [1.165, 1.54) is 16.8 Å². The Morgan fingerprint density at radius 2 is 1.91 bits per heavy atom. The lowest BCUT2D eigenvalue weighted by Gasteiger charge is -2.07. The monoisotopic (exact) mass is 371 g/mol. The minimum absolute atomic E-state index is 0.590. The highest BCUT2D eigenvalue weighted by molar-refractivity contribution is 9.10. The zero-order chi connectivity index (χ0) is 16.1. The summed E-state index contributed by atoms with van der Waals surface area (Å²) in [6, 6.07) is 14.1. The SMILES string of the molecule is Cc1c(CCOc2ccc(Br)cn2)cnn1Cc1ccccc1. The van der Waals surface area contributed by atoms with Crippen molar-refractivity contribution >= 4 is 15.9 Å². The lowest BCUT2D eigenvalue weighted by atomic mass is 10.2. The molecule has 0 saturated heterocycles. The van der Waals surface area contributed by atoms with Gasteiger partial charge in [-0.25, -0.2) is 4.98 Å². The first-order valence-corrected chi connectivity index (χ1v) is 8.31. The van der Waals surface area contributed by atoms with Gasteiger partial charge < -0.3 is 4.74 Å². The van der Waals surface area contributed by atoms with Crippen molar-refractivity contribution in [1.29, 1.82) is 0 Å². The van der Waals surface area contributed by atoms with Crippen LogP contribution in [0.15, 0.2) is 59.3 Å². The van der Waals surface area contributed by atoms with E-state index in [0.29, 0.717) is 12.5 Å². The third kappa shape index (κ3) is 4.20. The molecule has 0 N–H and O–H groups in total. The van der Waals surface area contributed by atoms with Crippen molar-refractivity contribution in [3.8, 4) is 5.88 Å². The molecule has 0 aliphatic heterocycles. The number of rotatable bonds is 6. The number of hydrogen-bond donors (Lipinski definition) is 0. The van der Waals surface area contributed by atoms with Gasteiger partial charge in [0.05, 0.1) is 19.3 Å². The topological polar surface area (TPSA) is 39.9 Å². The summed E-state index contributed by atoms with van der Waals surface area (Å²) in [6.07, 6.45) is 4.48. The number of aromatic nitrogens is 3. The third-order valence-corrected chi connectivity index (χ3v) is 4.17. The summed E-state index contributed by atoms with van der Waals surface area (Å²) in [6.45, 7) is 3.48. The molecule has 1 aromatic carbocycles. The molecule has 5 heteroatoms. The highest BCUT2D eigenvalue weighted by Crippen LogP contribution is 2.14. The largest absolute Gasteiger partial charge is 0.477 e. The standard InChI is InChI=1S/C18H18BrN3O/c1-14-16(9-10-23-18-8-7-17(19)12-20-18)11-21-22(14)13-15-5-3-2-4-6-15/h2-8,11-12H,9-10,13H2,1H3. The Morgan fingerprint density at radius 3 is 2.65 bits per heavy atom. The Balaban J connectivity index is 1.57. The van der Waals surface area contributed by atoms with Gasteiger partial charge >= 0.3 is 0 Å². The number of benzene rings is 1. The maximum absolute atomic E-state index is 5.68. The van der Waals surface area contributed by atoms with Crippen LogP contribution < -0.4 is 4.74 Å². The van der Waals surface area contributed by atoms with Crippen LogP contribution in [0.2, 0.25) is 0 Å². The molecule has 0 radical (unpaired) electrons. The van der Waals surface area contributed by atoms with Crippen LogP contribution in [0.25, 0.3) is 0 Å². The molecule has 0 spiro atoms. The van der Waals surface area contributed by atoms with Gasteiger partial charge in [-0.2, -0.15) is 5.10 Å². The number of ether oxygens (including phenoxy) is 1. The molecule has 23 heavy (non-hydrogen) atoms. The minimum Gasteiger partial charge on any atom is -0.477 e. The van der Waals surface area contributed by atoms with Crippen LogP contribution in [0, 0.1) is 6.92 Å². The summed E-state index contributed by atoms with van der Waals surface area (Å²) in [4.78, 5) is 4.20. The fourth-order valence-electron chi connectivity index (χ4n) is 2.36.